The first-order valence-electron chi connectivity index (χ1n) is 10.8. The quantitative estimate of drug-likeness (QED) is 0.679. The van der Waals surface area contributed by atoms with Crippen LogP contribution in [0.4, 0.5) is 4.79 Å². The molecule has 1 aromatic rings. The zero-order valence-corrected chi connectivity index (χ0v) is 16.6. The van der Waals surface area contributed by atoms with E-state index in [1.54, 1.807) is 0 Å². The Morgan fingerprint density at radius 1 is 0.929 bits per heavy atom. The Labute approximate surface area is 167 Å². The highest BCUT2D eigenvalue weighted by molar-refractivity contribution is 5.80. The Morgan fingerprint density at radius 3 is 1.96 bits per heavy atom. The number of hydrogen-bond acceptors (Lipinski definition) is 3. The number of alkyl carbamates (subject to hydrolysis) is 1. The molecule has 2 aliphatic carbocycles. The number of amides is 1. The van der Waals surface area contributed by atoms with Crippen molar-refractivity contribution in [3.05, 3.63) is 35.9 Å². The Kier molecular flexibility index (Phi) is 7.75. The van der Waals surface area contributed by atoms with Gasteiger partial charge in [0, 0.05) is 0 Å². The van der Waals surface area contributed by atoms with E-state index < -0.39 is 18.1 Å². The van der Waals surface area contributed by atoms with Gasteiger partial charge in [0.25, 0.3) is 0 Å². The molecule has 0 heterocycles. The molecule has 3 rings (SSSR count). The van der Waals surface area contributed by atoms with Crippen molar-refractivity contribution in [2.45, 2.75) is 76.9 Å². The van der Waals surface area contributed by atoms with Crippen molar-refractivity contribution in [1.29, 1.82) is 0 Å². The molecule has 5 nitrogen and oxygen atoms in total. The van der Waals surface area contributed by atoms with Crippen LogP contribution in [0.1, 0.15) is 69.8 Å². The van der Waals surface area contributed by atoms with Crippen LogP contribution in [0.3, 0.4) is 0 Å². The molecular weight excluding hydrogens is 354 g/mol. The third kappa shape index (κ3) is 5.73. The maximum Gasteiger partial charge on any atom is 0.408 e. The van der Waals surface area contributed by atoms with Crippen molar-refractivity contribution >= 4 is 12.1 Å². The molecule has 0 aromatic heterocycles. The molecule has 0 bridgehead atoms. The summed E-state index contributed by atoms with van der Waals surface area (Å²) >= 11 is 0. The van der Waals surface area contributed by atoms with Gasteiger partial charge in [-0.05, 0) is 23.3 Å². The summed E-state index contributed by atoms with van der Waals surface area (Å²) in [4.78, 5) is 24.6. The lowest BCUT2D eigenvalue weighted by Gasteiger charge is -2.40. The number of carboxylic acid groups (broad SMARTS) is 1. The minimum absolute atomic E-state index is 0.00220. The van der Waals surface area contributed by atoms with Gasteiger partial charge in [0.15, 0.2) is 0 Å². The predicted molar refractivity (Wildman–Crippen MR) is 108 cm³/mol. The van der Waals surface area contributed by atoms with E-state index in [4.69, 9.17) is 4.74 Å². The Bertz CT molecular complexity index is 603. The zero-order chi connectivity index (χ0) is 19.8. The summed E-state index contributed by atoms with van der Waals surface area (Å²) in [7, 11) is 0. The van der Waals surface area contributed by atoms with Crippen molar-refractivity contribution in [1.82, 2.24) is 5.32 Å². The summed E-state index contributed by atoms with van der Waals surface area (Å²) < 4.78 is 5.32. The van der Waals surface area contributed by atoms with Crippen LogP contribution in [0.15, 0.2) is 30.3 Å². The van der Waals surface area contributed by atoms with Gasteiger partial charge in [-0.3, -0.25) is 0 Å². The van der Waals surface area contributed by atoms with Gasteiger partial charge < -0.3 is 15.2 Å². The lowest BCUT2D eigenvalue weighted by Crippen LogP contribution is -2.51. The number of benzene rings is 1. The zero-order valence-electron chi connectivity index (χ0n) is 16.6. The van der Waals surface area contributed by atoms with Gasteiger partial charge in [-0.1, -0.05) is 94.5 Å². The van der Waals surface area contributed by atoms with Gasteiger partial charge in [0.05, 0.1) is 0 Å². The van der Waals surface area contributed by atoms with E-state index in [-0.39, 0.29) is 12.5 Å². The molecule has 1 amide bonds. The maximum absolute atomic E-state index is 12.4. The molecule has 2 aliphatic rings. The summed E-state index contributed by atoms with van der Waals surface area (Å²) in [6.45, 7) is 0.149. The second-order valence-electron chi connectivity index (χ2n) is 8.40. The van der Waals surface area contributed by atoms with Crippen LogP contribution in [0, 0.1) is 17.8 Å². The SMILES string of the molecule is O=C(N[C@H](C(=O)O)C(C1CCCCC1)C1CCCCC1)OCc1ccccc1. The summed E-state index contributed by atoms with van der Waals surface area (Å²) in [5, 5.41) is 12.7. The predicted octanol–water partition coefficient (Wildman–Crippen LogP) is 5.14. The molecule has 1 aromatic carbocycles. The van der Waals surface area contributed by atoms with Gasteiger partial charge >= 0.3 is 12.1 Å². The van der Waals surface area contributed by atoms with Gasteiger partial charge in [0.1, 0.15) is 12.6 Å². The maximum atomic E-state index is 12.4. The van der Waals surface area contributed by atoms with Gasteiger partial charge in [-0.15, -0.1) is 0 Å². The molecule has 0 radical (unpaired) electrons. The highest BCUT2D eigenvalue weighted by Crippen LogP contribution is 2.41. The Balaban J connectivity index is 1.68. The molecule has 154 valence electrons. The van der Waals surface area contributed by atoms with Crippen LogP contribution in [-0.4, -0.2) is 23.2 Å². The van der Waals surface area contributed by atoms with Crippen molar-refractivity contribution in [3.8, 4) is 0 Å². The number of carbonyl (C=O) groups is 2. The summed E-state index contributed by atoms with van der Waals surface area (Å²) in [6.07, 6.45) is 10.8. The van der Waals surface area contributed by atoms with Crippen LogP contribution in [0.25, 0.3) is 0 Å². The number of nitrogens with one attached hydrogen (secondary N) is 1. The molecule has 1 atom stereocenters. The van der Waals surface area contributed by atoms with E-state index >= 15 is 0 Å². The van der Waals surface area contributed by atoms with Crippen molar-refractivity contribution in [2.24, 2.45) is 17.8 Å². The van der Waals surface area contributed by atoms with E-state index in [0.29, 0.717) is 11.8 Å². The van der Waals surface area contributed by atoms with Crippen LogP contribution in [0.2, 0.25) is 0 Å². The normalized spacial score (nSPS) is 19.9. The number of rotatable bonds is 7. The molecule has 0 spiro atoms. The van der Waals surface area contributed by atoms with Crippen LogP contribution < -0.4 is 5.32 Å². The molecule has 0 saturated heterocycles. The standard InChI is InChI=1S/C23H33NO4/c25-22(26)21(24-23(27)28-16-17-10-4-1-5-11-17)20(18-12-6-2-7-13-18)19-14-8-3-9-15-19/h1,4-5,10-11,18-21H,2-3,6-9,12-16H2,(H,24,27)(H,25,26)/t21-/m0/s1. The van der Waals surface area contributed by atoms with Gasteiger partial charge in [-0.25, -0.2) is 9.59 Å². The van der Waals surface area contributed by atoms with Crippen LogP contribution >= 0.6 is 0 Å². The highest BCUT2D eigenvalue weighted by Gasteiger charge is 2.41. The molecule has 28 heavy (non-hydrogen) atoms. The molecule has 0 unspecified atom stereocenters. The largest absolute Gasteiger partial charge is 0.480 e. The fourth-order valence-electron chi connectivity index (χ4n) is 5.18. The lowest BCUT2D eigenvalue weighted by atomic mass is 9.66. The first-order chi connectivity index (χ1) is 13.6. The smallest absolute Gasteiger partial charge is 0.408 e. The lowest BCUT2D eigenvalue weighted by molar-refractivity contribution is -0.142. The molecule has 2 N–H and O–H groups in total. The first kappa shape index (κ1) is 20.7. The average Bonchev–Trinajstić information content (AvgIpc) is 2.74. The topological polar surface area (TPSA) is 75.6 Å². The monoisotopic (exact) mass is 387 g/mol. The molecule has 5 heteroatoms. The third-order valence-corrected chi connectivity index (χ3v) is 6.53. The first-order valence-corrected chi connectivity index (χ1v) is 10.8. The average molecular weight is 388 g/mol. The van der Waals surface area contributed by atoms with E-state index in [1.165, 1.54) is 38.5 Å². The number of carbonyl (C=O) groups excluding carboxylic acids is 1. The van der Waals surface area contributed by atoms with Crippen molar-refractivity contribution in [3.63, 3.8) is 0 Å². The third-order valence-electron chi connectivity index (χ3n) is 6.53. The van der Waals surface area contributed by atoms with Crippen molar-refractivity contribution in [2.75, 3.05) is 0 Å². The van der Waals surface area contributed by atoms with E-state index in [0.717, 1.165) is 31.2 Å². The number of hydrogen-bond donors (Lipinski definition) is 2. The number of carboxylic acids is 1. The van der Waals surface area contributed by atoms with Gasteiger partial charge in [-0.2, -0.15) is 0 Å². The van der Waals surface area contributed by atoms with Gasteiger partial charge in [0.2, 0.25) is 0 Å². The van der Waals surface area contributed by atoms with Crippen molar-refractivity contribution < 1.29 is 19.4 Å². The molecular formula is C23H33NO4. The Hall–Kier alpha value is -2.04. The highest BCUT2D eigenvalue weighted by atomic mass is 16.5. The number of ether oxygens (including phenoxy) is 1. The van der Waals surface area contributed by atoms with E-state index in [1.807, 2.05) is 30.3 Å². The van der Waals surface area contributed by atoms with Crippen LogP contribution in [-0.2, 0) is 16.1 Å². The summed E-state index contributed by atoms with van der Waals surface area (Å²) in [6, 6.07) is 8.58. The summed E-state index contributed by atoms with van der Waals surface area (Å²) in [5.74, 6) is -0.167. The van der Waals surface area contributed by atoms with Crippen LogP contribution in [0.5, 0.6) is 0 Å². The summed E-state index contributed by atoms with van der Waals surface area (Å²) in [5.41, 5.74) is 0.889. The van der Waals surface area contributed by atoms with E-state index in [2.05, 4.69) is 5.32 Å². The second-order valence-corrected chi connectivity index (χ2v) is 8.40. The fourth-order valence-corrected chi connectivity index (χ4v) is 5.18. The Morgan fingerprint density at radius 2 is 1.46 bits per heavy atom. The fraction of sp³-hybridized carbons (Fsp3) is 0.652. The minimum atomic E-state index is -0.933. The molecule has 2 fully saturated rings. The molecule has 2 saturated carbocycles. The minimum Gasteiger partial charge on any atom is -0.480 e. The van der Waals surface area contributed by atoms with E-state index in [9.17, 15) is 14.7 Å². The number of aliphatic carboxylic acids is 1. The second kappa shape index (κ2) is 10.5. The molecule has 0 aliphatic heterocycles.